The van der Waals surface area contributed by atoms with Gasteiger partial charge in [0.05, 0.1) is 24.3 Å². The van der Waals surface area contributed by atoms with Crippen molar-refractivity contribution in [1.82, 2.24) is 5.32 Å². The average molecular weight is 320 g/mol. The molecule has 0 aliphatic carbocycles. The predicted octanol–water partition coefficient (Wildman–Crippen LogP) is 1.45. The van der Waals surface area contributed by atoms with Crippen LogP contribution in [0.5, 0.6) is 0 Å². The predicted molar refractivity (Wildman–Crippen MR) is 68.8 cm³/mol. The SMILES string of the molecule is CCC(CO)(CO)NC(=O)c1c(F)cccc1Br. The van der Waals surface area contributed by atoms with Crippen LogP contribution < -0.4 is 5.32 Å². The van der Waals surface area contributed by atoms with Gasteiger partial charge in [0.2, 0.25) is 0 Å². The highest BCUT2D eigenvalue weighted by molar-refractivity contribution is 9.10. The Balaban J connectivity index is 3.02. The first-order valence-corrected chi connectivity index (χ1v) is 6.27. The number of amides is 1. The molecular formula is C12H15BrFNO3. The van der Waals surface area contributed by atoms with Gasteiger partial charge >= 0.3 is 0 Å². The molecule has 1 amide bonds. The first-order chi connectivity index (χ1) is 8.49. The van der Waals surface area contributed by atoms with Gasteiger partial charge in [-0.2, -0.15) is 0 Å². The number of aliphatic hydroxyl groups excluding tert-OH is 2. The van der Waals surface area contributed by atoms with Gasteiger partial charge in [0.25, 0.3) is 5.91 Å². The van der Waals surface area contributed by atoms with Crippen molar-refractivity contribution in [2.45, 2.75) is 18.9 Å². The van der Waals surface area contributed by atoms with Crippen LogP contribution in [0.25, 0.3) is 0 Å². The first kappa shape index (κ1) is 15.1. The fourth-order valence-electron chi connectivity index (χ4n) is 1.46. The molecule has 0 bridgehead atoms. The van der Waals surface area contributed by atoms with Crippen molar-refractivity contribution >= 4 is 21.8 Å². The van der Waals surface area contributed by atoms with E-state index in [1.807, 2.05) is 0 Å². The van der Waals surface area contributed by atoms with Gasteiger partial charge in [-0.25, -0.2) is 4.39 Å². The average Bonchev–Trinajstić information content (AvgIpc) is 2.36. The van der Waals surface area contributed by atoms with Crippen LogP contribution in [0.15, 0.2) is 22.7 Å². The number of nitrogens with one attached hydrogen (secondary N) is 1. The fourth-order valence-corrected chi connectivity index (χ4v) is 1.98. The summed E-state index contributed by atoms with van der Waals surface area (Å²) < 4.78 is 13.9. The fraction of sp³-hybridized carbons (Fsp3) is 0.417. The lowest BCUT2D eigenvalue weighted by Crippen LogP contribution is -2.54. The minimum atomic E-state index is -1.14. The Bertz CT molecular complexity index is 407. The molecule has 0 fully saturated rings. The number of hydrogen-bond acceptors (Lipinski definition) is 3. The Hall–Kier alpha value is -0.980. The highest BCUT2D eigenvalue weighted by atomic mass is 79.9. The van der Waals surface area contributed by atoms with Crippen molar-refractivity contribution < 1.29 is 19.4 Å². The van der Waals surface area contributed by atoms with Crippen LogP contribution in [-0.2, 0) is 0 Å². The zero-order valence-corrected chi connectivity index (χ0v) is 11.5. The Morgan fingerprint density at radius 3 is 2.50 bits per heavy atom. The lowest BCUT2D eigenvalue weighted by Gasteiger charge is -2.29. The quantitative estimate of drug-likeness (QED) is 0.769. The van der Waals surface area contributed by atoms with E-state index in [9.17, 15) is 19.4 Å². The minimum absolute atomic E-state index is 0.141. The smallest absolute Gasteiger partial charge is 0.256 e. The normalized spacial score (nSPS) is 11.4. The van der Waals surface area contributed by atoms with E-state index in [0.717, 1.165) is 0 Å². The summed E-state index contributed by atoms with van der Waals surface area (Å²) in [6, 6.07) is 4.19. The molecule has 0 atom stereocenters. The van der Waals surface area contributed by atoms with E-state index in [1.54, 1.807) is 13.0 Å². The summed E-state index contributed by atoms with van der Waals surface area (Å²) in [7, 11) is 0. The van der Waals surface area contributed by atoms with Crippen molar-refractivity contribution in [3.05, 3.63) is 34.1 Å². The van der Waals surface area contributed by atoms with Gasteiger partial charge in [-0.3, -0.25) is 4.79 Å². The van der Waals surface area contributed by atoms with E-state index in [-0.39, 0.29) is 5.56 Å². The number of carbonyl (C=O) groups is 1. The molecule has 0 aliphatic heterocycles. The van der Waals surface area contributed by atoms with Gasteiger partial charge in [-0.05, 0) is 34.5 Å². The Labute approximate surface area is 113 Å². The van der Waals surface area contributed by atoms with E-state index < -0.39 is 30.5 Å². The van der Waals surface area contributed by atoms with E-state index in [4.69, 9.17) is 0 Å². The van der Waals surface area contributed by atoms with Gasteiger partial charge in [0.15, 0.2) is 0 Å². The molecule has 0 unspecified atom stereocenters. The third-order valence-electron chi connectivity index (χ3n) is 2.85. The van der Waals surface area contributed by atoms with Crippen LogP contribution >= 0.6 is 15.9 Å². The molecule has 0 aromatic heterocycles. The van der Waals surface area contributed by atoms with Crippen molar-refractivity contribution in [3.63, 3.8) is 0 Å². The van der Waals surface area contributed by atoms with Crippen LogP contribution in [0.4, 0.5) is 4.39 Å². The van der Waals surface area contributed by atoms with E-state index in [2.05, 4.69) is 21.2 Å². The van der Waals surface area contributed by atoms with Crippen molar-refractivity contribution in [1.29, 1.82) is 0 Å². The summed E-state index contributed by atoms with van der Waals surface area (Å²) in [5.74, 6) is -1.34. The van der Waals surface area contributed by atoms with Crippen molar-refractivity contribution in [2.75, 3.05) is 13.2 Å². The second kappa shape index (κ2) is 6.26. The minimum Gasteiger partial charge on any atom is -0.394 e. The molecular weight excluding hydrogens is 305 g/mol. The van der Waals surface area contributed by atoms with Gasteiger partial charge in [0.1, 0.15) is 5.82 Å². The van der Waals surface area contributed by atoms with Crippen LogP contribution in [0.2, 0.25) is 0 Å². The maximum absolute atomic E-state index is 13.6. The highest BCUT2D eigenvalue weighted by Crippen LogP contribution is 2.21. The monoisotopic (exact) mass is 319 g/mol. The third-order valence-corrected chi connectivity index (χ3v) is 3.51. The number of hydrogen-bond donors (Lipinski definition) is 3. The Morgan fingerprint density at radius 1 is 1.44 bits per heavy atom. The maximum Gasteiger partial charge on any atom is 0.256 e. The summed E-state index contributed by atoms with van der Waals surface area (Å²) in [4.78, 5) is 12.0. The van der Waals surface area contributed by atoms with Gasteiger partial charge in [-0.1, -0.05) is 13.0 Å². The molecule has 0 radical (unpaired) electrons. The number of rotatable bonds is 5. The van der Waals surface area contributed by atoms with Gasteiger partial charge in [0, 0.05) is 4.47 Å². The topological polar surface area (TPSA) is 69.6 Å². The molecule has 0 spiro atoms. The first-order valence-electron chi connectivity index (χ1n) is 5.48. The second-order valence-corrected chi connectivity index (χ2v) is 4.86. The third kappa shape index (κ3) is 3.07. The Morgan fingerprint density at radius 2 is 2.06 bits per heavy atom. The summed E-state index contributed by atoms with van der Waals surface area (Å²) in [5, 5.41) is 20.9. The molecule has 1 aromatic carbocycles. The number of aliphatic hydroxyl groups is 2. The molecule has 1 aromatic rings. The van der Waals surface area contributed by atoms with Crippen LogP contribution in [0.1, 0.15) is 23.7 Å². The largest absolute Gasteiger partial charge is 0.394 e. The van der Waals surface area contributed by atoms with Crippen LogP contribution in [0.3, 0.4) is 0 Å². The lowest BCUT2D eigenvalue weighted by molar-refractivity contribution is 0.0649. The molecule has 0 aliphatic rings. The summed E-state index contributed by atoms with van der Waals surface area (Å²) >= 11 is 3.10. The number of carbonyl (C=O) groups excluding carboxylic acids is 1. The molecule has 6 heteroatoms. The van der Waals surface area contributed by atoms with E-state index in [0.29, 0.717) is 10.9 Å². The highest BCUT2D eigenvalue weighted by Gasteiger charge is 2.30. The van der Waals surface area contributed by atoms with E-state index >= 15 is 0 Å². The molecule has 0 heterocycles. The molecule has 0 saturated carbocycles. The maximum atomic E-state index is 13.6. The standard InChI is InChI=1S/C12H15BrFNO3/c1-2-12(6-16,7-17)15-11(18)10-8(13)4-3-5-9(10)14/h3-5,16-17H,2,6-7H2,1H3,(H,15,18). The van der Waals surface area contributed by atoms with Crippen molar-refractivity contribution in [3.8, 4) is 0 Å². The molecule has 1 rings (SSSR count). The summed E-state index contributed by atoms with van der Waals surface area (Å²) in [6.07, 6.45) is 0.331. The number of halogens is 2. The van der Waals surface area contributed by atoms with Crippen LogP contribution in [-0.4, -0.2) is 34.9 Å². The molecule has 4 nitrogen and oxygen atoms in total. The molecule has 18 heavy (non-hydrogen) atoms. The van der Waals surface area contributed by atoms with Crippen molar-refractivity contribution in [2.24, 2.45) is 0 Å². The van der Waals surface area contributed by atoms with Crippen LogP contribution in [0, 0.1) is 5.82 Å². The molecule has 100 valence electrons. The zero-order chi connectivity index (χ0) is 13.8. The molecule has 3 N–H and O–H groups in total. The summed E-state index contributed by atoms with van der Waals surface area (Å²) in [5.41, 5.74) is -1.28. The van der Waals surface area contributed by atoms with Gasteiger partial charge < -0.3 is 15.5 Å². The number of benzene rings is 1. The van der Waals surface area contributed by atoms with E-state index in [1.165, 1.54) is 12.1 Å². The zero-order valence-electron chi connectivity index (χ0n) is 9.91. The second-order valence-electron chi connectivity index (χ2n) is 4.00. The van der Waals surface area contributed by atoms with Gasteiger partial charge in [-0.15, -0.1) is 0 Å². The molecule has 0 saturated heterocycles. The summed E-state index contributed by atoms with van der Waals surface area (Å²) in [6.45, 7) is 0.874. The Kier molecular flexibility index (Phi) is 5.25. The lowest BCUT2D eigenvalue weighted by atomic mass is 9.97.